The molecule has 0 atom stereocenters. The van der Waals surface area contributed by atoms with Crippen molar-refractivity contribution in [1.82, 2.24) is 9.80 Å². The summed E-state index contributed by atoms with van der Waals surface area (Å²) in [4.78, 5) is 3.79. The molecule has 0 saturated carbocycles. The number of hydrogen-bond acceptors (Lipinski definition) is 4. The standard InChI is InChI=1S/C6H12N2S4.Cu/c1-7(2)5(9)11-12-6(10)8(3)4;/h1-4H3;. The third-order valence-electron chi connectivity index (χ3n) is 0.915. The van der Waals surface area contributed by atoms with Crippen LogP contribution in [0.5, 0.6) is 0 Å². The summed E-state index contributed by atoms with van der Waals surface area (Å²) in [5, 5.41) is 0. The second-order valence-corrected chi connectivity index (χ2v) is 5.88. The molecule has 0 aromatic carbocycles. The Morgan fingerprint density at radius 2 is 1.08 bits per heavy atom. The zero-order valence-corrected chi connectivity index (χ0v) is 12.0. The van der Waals surface area contributed by atoms with Gasteiger partial charge in [-0.15, -0.1) is 0 Å². The average molecular weight is 304 g/mol. The van der Waals surface area contributed by atoms with Crippen molar-refractivity contribution in [3.8, 4) is 0 Å². The summed E-state index contributed by atoms with van der Waals surface area (Å²) in [7, 11) is 10.7. The van der Waals surface area contributed by atoms with E-state index in [1.165, 1.54) is 21.6 Å². The van der Waals surface area contributed by atoms with Crippen LogP contribution in [0.2, 0.25) is 0 Å². The van der Waals surface area contributed by atoms with Crippen LogP contribution in [0, 0.1) is 0 Å². The predicted molar refractivity (Wildman–Crippen MR) is 67.8 cm³/mol. The van der Waals surface area contributed by atoms with E-state index in [4.69, 9.17) is 24.4 Å². The minimum Gasteiger partial charge on any atom is -0.363 e. The maximum Gasteiger partial charge on any atom is 0.146 e. The largest absolute Gasteiger partial charge is 0.363 e. The van der Waals surface area contributed by atoms with Gasteiger partial charge in [0, 0.05) is 45.3 Å². The van der Waals surface area contributed by atoms with E-state index < -0.39 is 0 Å². The van der Waals surface area contributed by atoms with Crippen molar-refractivity contribution in [3.63, 3.8) is 0 Å². The molecular weight excluding hydrogens is 292 g/mol. The Bertz CT molecular complexity index is 163. The molecule has 0 amide bonds. The molecule has 7 heteroatoms. The van der Waals surface area contributed by atoms with E-state index in [2.05, 4.69) is 0 Å². The zero-order chi connectivity index (χ0) is 9.72. The van der Waals surface area contributed by atoms with Gasteiger partial charge in [0.2, 0.25) is 0 Å². The summed E-state index contributed by atoms with van der Waals surface area (Å²) in [6.07, 6.45) is 0. The predicted octanol–water partition coefficient (Wildman–Crippen LogP) is 2.06. The van der Waals surface area contributed by atoms with Crippen molar-refractivity contribution in [2.24, 2.45) is 0 Å². The maximum atomic E-state index is 5.07. The summed E-state index contributed by atoms with van der Waals surface area (Å²) in [6.45, 7) is 0. The molecule has 0 spiro atoms. The van der Waals surface area contributed by atoms with E-state index in [1.54, 1.807) is 0 Å². The van der Waals surface area contributed by atoms with E-state index in [-0.39, 0.29) is 17.1 Å². The molecule has 0 bridgehead atoms. The van der Waals surface area contributed by atoms with Crippen LogP contribution < -0.4 is 0 Å². The van der Waals surface area contributed by atoms with E-state index in [9.17, 15) is 0 Å². The Balaban J connectivity index is 0. The van der Waals surface area contributed by atoms with Gasteiger partial charge in [-0.25, -0.2) is 0 Å². The minimum atomic E-state index is 0. The van der Waals surface area contributed by atoms with Gasteiger partial charge in [-0.1, -0.05) is 24.4 Å². The zero-order valence-electron chi connectivity index (χ0n) is 7.83. The first-order valence-electron chi connectivity index (χ1n) is 3.22. The molecule has 0 rings (SSSR count). The Hall–Kier alpha value is 0.999. The van der Waals surface area contributed by atoms with Crippen LogP contribution in [0.1, 0.15) is 0 Å². The summed E-state index contributed by atoms with van der Waals surface area (Å²) in [5.41, 5.74) is 0. The van der Waals surface area contributed by atoms with Crippen LogP contribution in [0.4, 0.5) is 0 Å². The topological polar surface area (TPSA) is 6.48 Å². The molecule has 0 aliphatic heterocycles. The number of nitrogens with zero attached hydrogens (tertiary/aromatic N) is 2. The molecule has 0 unspecified atom stereocenters. The summed E-state index contributed by atoms with van der Waals surface area (Å²) in [6, 6.07) is 0. The fraction of sp³-hybridized carbons (Fsp3) is 0.667. The molecule has 2 nitrogen and oxygen atoms in total. The fourth-order valence-corrected chi connectivity index (χ4v) is 2.60. The number of hydrogen-bond donors (Lipinski definition) is 0. The smallest absolute Gasteiger partial charge is 0.146 e. The maximum absolute atomic E-state index is 5.07. The van der Waals surface area contributed by atoms with Crippen LogP contribution in [-0.4, -0.2) is 46.6 Å². The minimum absolute atomic E-state index is 0. The van der Waals surface area contributed by atoms with E-state index in [1.807, 2.05) is 38.0 Å². The van der Waals surface area contributed by atoms with Crippen molar-refractivity contribution < 1.29 is 17.1 Å². The normalized spacial score (nSPS) is 8.62. The van der Waals surface area contributed by atoms with Gasteiger partial charge in [-0.3, -0.25) is 0 Å². The first kappa shape index (κ1) is 16.4. The van der Waals surface area contributed by atoms with Crippen LogP contribution >= 0.6 is 46.0 Å². The Kier molecular flexibility index (Phi) is 10.5. The van der Waals surface area contributed by atoms with Crippen molar-refractivity contribution >= 4 is 54.7 Å². The molecular formula is C6H12CuN2S4. The van der Waals surface area contributed by atoms with E-state index in [0.29, 0.717) is 0 Å². The second kappa shape index (κ2) is 8.32. The Morgan fingerprint density at radius 3 is 1.23 bits per heavy atom. The van der Waals surface area contributed by atoms with Gasteiger partial charge in [-0.2, -0.15) is 0 Å². The van der Waals surface area contributed by atoms with Gasteiger partial charge in [0.1, 0.15) is 8.64 Å². The van der Waals surface area contributed by atoms with Gasteiger partial charge < -0.3 is 9.80 Å². The Morgan fingerprint density at radius 1 is 0.846 bits per heavy atom. The molecule has 0 N–H and O–H groups in total. The van der Waals surface area contributed by atoms with Crippen LogP contribution in [0.3, 0.4) is 0 Å². The average Bonchev–Trinajstić information content (AvgIpc) is 1.98. The van der Waals surface area contributed by atoms with E-state index in [0.717, 1.165) is 8.64 Å². The molecule has 13 heavy (non-hydrogen) atoms. The van der Waals surface area contributed by atoms with Crippen LogP contribution in [0.25, 0.3) is 0 Å². The van der Waals surface area contributed by atoms with Crippen molar-refractivity contribution in [2.45, 2.75) is 0 Å². The quantitative estimate of drug-likeness (QED) is 0.381. The van der Waals surface area contributed by atoms with Crippen LogP contribution in [0.15, 0.2) is 0 Å². The second-order valence-electron chi connectivity index (χ2n) is 2.49. The molecule has 0 aliphatic rings. The molecule has 0 aromatic rings. The third-order valence-corrected chi connectivity index (χ3v) is 5.07. The summed E-state index contributed by atoms with van der Waals surface area (Å²) in [5.74, 6) is 0. The molecule has 0 saturated heterocycles. The third kappa shape index (κ3) is 8.03. The monoisotopic (exact) mass is 303 g/mol. The van der Waals surface area contributed by atoms with Gasteiger partial charge in [0.15, 0.2) is 0 Å². The molecule has 0 fully saturated rings. The van der Waals surface area contributed by atoms with Crippen molar-refractivity contribution in [2.75, 3.05) is 28.2 Å². The summed E-state index contributed by atoms with van der Waals surface area (Å²) >= 11 is 10.1. The molecule has 1 radical (unpaired) electrons. The Labute approximate surface area is 109 Å². The summed E-state index contributed by atoms with van der Waals surface area (Å²) < 4.78 is 1.67. The first-order chi connectivity index (χ1) is 5.45. The molecule has 0 heterocycles. The van der Waals surface area contributed by atoms with Crippen LogP contribution in [-0.2, 0) is 17.1 Å². The van der Waals surface area contributed by atoms with Gasteiger partial charge >= 0.3 is 0 Å². The number of thiocarbonyl (C=S) groups is 2. The van der Waals surface area contributed by atoms with Gasteiger partial charge in [0.25, 0.3) is 0 Å². The first-order valence-corrected chi connectivity index (χ1v) is 6.19. The number of rotatable bonds is 0. The molecule has 0 aromatic heterocycles. The van der Waals surface area contributed by atoms with Gasteiger partial charge in [-0.05, 0) is 21.6 Å². The van der Waals surface area contributed by atoms with E-state index >= 15 is 0 Å². The van der Waals surface area contributed by atoms with Gasteiger partial charge in [0.05, 0.1) is 0 Å². The molecule has 81 valence electrons. The molecule has 0 aliphatic carbocycles. The van der Waals surface area contributed by atoms with Crippen molar-refractivity contribution in [1.29, 1.82) is 0 Å². The van der Waals surface area contributed by atoms with Crippen molar-refractivity contribution in [3.05, 3.63) is 0 Å². The fourth-order valence-electron chi connectivity index (χ4n) is 0.220. The SMILES string of the molecule is CN(C)C(=S)SSC(=S)N(C)C.[Cu].